The molecule has 16 heavy (non-hydrogen) atoms. The maximum absolute atomic E-state index is 10.4. The first-order valence-electron chi connectivity index (χ1n) is 3.96. The maximum atomic E-state index is 10.4. The van der Waals surface area contributed by atoms with Gasteiger partial charge in [0.2, 0.25) is 0 Å². The molecule has 0 bridgehead atoms. The average Bonchev–Trinajstić information content (AvgIpc) is 2.68. The van der Waals surface area contributed by atoms with Crippen molar-refractivity contribution in [1.82, 2.24) is 15.2 Å². The number of benzene rings is 1. The third kappa shape index (κ3) is 3.47. The summed E-state index contributed by atoms with van der Waals surface area (Å²) in [6, 6.07) is 9.09. The van der Waals surface area contributed by atoms with Crippen molar-refractivity contribution in [2.75, 3.05) is 0 Å². The molecule has 0 fully saturated rings. The van der Waals surface area contributed by atoms with Crippen LogP contribution in [0.2, 0.25) is 0 Å². The van der Waals surface area contributed by atoms with Crippen LogP contribution in [0.5, 0.6) is 0 Å². The van der Waals surface area contributed by atoms with Gasteiger partial charge in [-0.1, -0.05) is 30.3 Å². The van der Waals surface area contributed by atoms with Crippen LogP contribution in [0.3, 0.4) is 0 Å². The van der Waals surface area contributed by atoms with Crippen LogP contribution in [-0.4, -0.2) is 26.6 Å². The van der Waals surface area contributed by atoms with Crippen LogP contribution in [0.15, 0.2) is 30.3 Å². The number of aromatic nitrogens is 3. The van der Waals surface area contributed by atoms with E-state index in [1.807, 2.05) is 18.2 Å². The minimum absolute atomic E-state index is 0. The number of nitrogens with zero attached hydrogens (tertiary/aromatic N) is 2. The van der Waals surface area contributed by atoms with E-state index in [1.54, 1.807) is 12.1 Å². The fourth-order valence-electron chi connectivity index (χ4n) is 1.07. The van der Waals surface area contributed by atoms with Gasteiger partial charge in [-0.15, -0.1) is 0 Å². The second-order valence-corrected chi connectivity index (χ2v) is 2.66. The second-order valence-electron chi connectivity index (χ2n) is 2.66. The number of aromatic carboxylic acids is 1. The van der Waals surface area contributed by atoms with Gasteiger partial charge in [0.15, 0.2) is 11.6 Å². The van der Waals surface area contributed by atoms with Crippen LogP contribution in [0.25, 0.3) is 11.4 Å². The number of carbonyl (C=O) groups excluding carboxylic acids is 1. The molecule has 2 aromatic rings. The van der Waals surface area contributed by atoms with E-state index in [9.17, 15) is 9.90 Å². The molecule has 0 spiro atoms. The molecule has 0 aliphatic heterocycles. The summed E-state index contributed by atoms with van der Waals surface area (Å²) in [4.78, 5) is 14.2. The van der Waals surface area contributed by atoms with Crippen molar-refractivity contribution in [2.24, 2.45) is 0 Å². The number of carbonyl (C=O) groups is 1. The monoisotopic (exact) mass is 245 g/mol. The first-order valence-corrected chi connectivity index (χ1v) is 3.96. The molecule has 0 atom stereocenters. The molecule has 78 valence electrons. The van der Waals surface area contributed by atoms with Crippen molar-refractivity contribution in [3.63, 3.8) is 0 Å². The molecular weight excluding hydrogens is 237 g/mol. The van der Waals surface area contributed by atoms with Crippen molar-refractivity contribution in [3.05, 3.63) is 36.2 Å². The van der Waals surface area contributed by atoms with Crippen molar-refractivity contribution in [1.29, 1.82) is 0 Å². The quantitative estimate of drug-likeness (QED) is 0.543. The van der Waals surface area contributed by atoms with Gasteiger partial charge in [0.25, 0.3) is 0 Å². The normalized spacial score (nSPS) is 8.75. The fourth-order valence-corrected chi connectivity index (χ4v) is 1.07. The molecule has 1 heterocycles. The maximum Gasteiger partial charge on any atom is 1.00 e. The predicted octanol–water partition coefficient (Wildman–Crippen LogP) is -3.99. The van der Waals surface area contributed by atoms with Crippen LogP contribution < -0.4 is 56.5 Å². The van der Waals surface area contributed by atoms with E-state index in [4.69, 9.17) is 0 Å². The van der Waals surface area contributed by atoms with Crippen LogP contribution >= 0.6 is 0 Å². The van der Waals surface area contributed by atoms with Crippen LogP contribution in [0.1, 0.15) is 10.6 Å². The van der Waals surface area contributed by atoms with E-state index in [-0.39, 0.29) is 62.7 Å². The SMILES string of the molecule is O.O=C([O-])c1nc(-c2ccccc2)n[nH]1.[K+]. The molecule has 3 N–H and O–H groups in total. The van der Waals surface area contributed by atoms with Crippen molar-refractivity contribution < 1.29 is 66.8 Å². The molecule has 0 radical (unpaired) electrons. The Labute approximate surface area is 134 Å². The van der Waals surface area contributed by atoms with Gasteiger partial charge in [-0.25, -0.2) is 4.98 Å². The third-order valence-electron chi connectivity index (χ3n) is 1.71. The van der Waals surface area contributed by atoms with E-state index in [1.165, 1.54) is 0 Å². The molecule has 1 aromatic carbocycles. The standard InChI is InChI=1S/C9H7N3O2.K.H2O/c13-9(14)8-10-7(11-12-8)6-4-2-1-3-5-6;;/h1-5H,(H,13,14)(H,10,11,12);;1H2/q;+1;/p-1. The van der Waals surface area contributed by atoms with Crippen LogP contribution in [0.4, 0.5) is 0 Å². The second kappa shape index (κ2) is 6.89. The predicted molar refractivity (Wildman–Crippen MR) is 49.8 cm³/mol. The van der Waals surface area contributed by atoms with Gasteiger partial charge in [-0.3, -0.25) is 5.10 Å². The third-order valence-corrected chi connectivity index (χ3v) is 1.71. The smallest absolute Gasteiger partial charge is 0.542 e. The Morgan fingerprint density at radius 3 is 2.38 bits per heavy atom. The van der Waals surface area contributed by atoms with Crippen molar-refractivity contribution in [3.8, 4) is 11.4 Å². The Bertz CT molecular complexity index is 458. The van der Waals surface area contributed by atoms with Crippen LogP contribution in [0, 0.1) is 0 Å². The number of H-pyrrole nitrogens is 1. The zero-order valence-corrected chi connectivity index (χ0v) is 11.7. The largest absolute Gasteiger partial charge is 1.00 e. The molecule has 0 aliphatic carbocycles. The molecule has 0 saturated carbocycles. The van der Waals surface area contributed by atoms with E-state index in [2.05, 4.69) is 15.2 Å². The van der Waals surface area contributed by atoms with E-state index >= 15 is 0 Å². The average molecular weight is 245 g/mol. The number of aromatic amines is 1. The number of carboxylic acids is 1. The number of hydrogen-bond donors (Lipinski definition) is 1. The zero-order chi connectivity index (χ0) is 9.97. The molecule has 0 amide bonds. The van der Waals surface area contributed by atoms with Gasteiger partial charge in [0.1, 0.15) is 5.97 Å². The van der Waals surface area contributed by atoms with Gasteiger partial charge in [0.05, 0.1) is 0 Å². The molecule has 2 rings (SSSR count). The van der Waals surface area contributed by atoms with Crippen LogP contribution in [-0.2, 0) is 0 Å². The summed E-state index contributed by atoms with van der Waals surface area (Å²) in [5, 5.41) is 16.4. The number of rotatable bonds is 2. The molecule has 0 saturated heterocycles. The van der Waals surface area contributed by atoms with Gasteiger partial charge in [0, 0.05) is 5.56 Å². The summed E-state index contributed by atoms with van der Waals surface area (Å²) in [6.45, 7) is 0. The number of carboxylic acid groups (broad SMARTS) is 1. The molecule has 7 heteroatoms. The van der Waals surface area contributed by atoms with E-state index < -0.39 is 5.97 Å². The first-order chi connectivity index (χ1) is 6.77. The minimum Gasteiger partial charge on any atom is -0.542 e. The number of hydrogen-bond acceptors (Lipinski definition) is 4. The number of nitrogens with one attached hydrogen (secondary N) is 1. The summed E-state index contributed by atoms with van der Waals surface area (Å²) in [5.41, 5.74) is 0.760. The first kappa shape index (κ1) is 15.4. The van der Waals surface area contributed by atoms with Gasteiger partial charge in [-0.2, -0.15) is 5.10 Å². The Hall–Kier alpha value is -0.574. The fraction of sp³-hybridized carbons (Fsp3) is 0. The van der Waals surface area contributed by atoms with Gasteiger partial charge in [-0.05, 0) is 0 Å². The van der Waals surface area contributed by atoms with Gasteiger partial charge >= 0.3 is 51.4 Å². The summed E-state index contributed by atoms with van der Waals surface area (Å²) in [7, 11) is 0. The minimum atomic E-state index is -1.36. The summed E-state index contributed by atoms with van der Waals surface area (Å²) in [6.07, 6.45) is 0. The molecule has 0 unspecified atom stereocenters. The Balaban J connectivity index is 0.00000112. The summed E-state index contributed by atoms with van der Waals surface area (Å²) in [5.74, 6) is -1.27. The molecule has 6 nitrogen and oxygen atoms in total. The van der Waals surface area contributed by atoms with Gasteiger partial charge < -0.3 is 15.4 Å². The summed E-state index contributed by atoms with van der Waals surface area (Å²) < 4.78 is 0. The van der Waals surface area contributed by atoms with E-state index in [0.29, 0.717) is 5.82 Å². The molecule has 1 aromatic heterocycles. The Kier molecular flexibility index (Phi) is 6.64. The molecule has 0 aliphatic rings. The Morgan fingerprint density at radius 2 is 1.88 bits per heavy atom. The topological polar surface area (TPSA) is 113 Å². The van der Waals surface area contributed by atoms with E-state index in [0.717, 1.165) is 5.56 Å². The zero-order valence-electron chi connectivity index (χ0n) is 8.60. The van der Waals surface area contributed by atoms with Crippen molar-refractivity contribution in [2.45, 2.75) is 0 Å². The molecular formula is C9H8KN3O3. The van der Waals surface area contributed by atoms with Crippen molar-refractivity contribution >= 4 is 5.97 Å². The Morgan fingerprint density at radius 1 is 1.25 bits per heavy atom. The summed E-state index contributed by atoms with van der Waals surface area (Å²) >= 11 is 0.